The molecular weight excluding hydrogens is 406 g/mol. The van der Waals surface area contributed by atoms with Crippen LogP contribution in [0.25, 0.3) is 0 Å². The van der Waals surface area contributed by atoms with Crippen molar-refractivity contribution in [1.29, 1.82) is 0 Å². The molecule has 1 aromatic heterocycles. The van der Waals surface area contributed by atoms with E-state index in [4.69, 9.17) is 9.47 Å². The highest BCUT2D eigenvalue weighted by molar-refractivity contribution is 7.90. The maximum atomic E-state index is 13.1. The standard InChI is InChI=1S/C17H23N3O6S2/c1-12-17(28(23,24)19-9-5-6-10-19)13(2)20(18-12)27(21,22)14-7-8-15(25-3)16(11-14)26-4/h7-8,11H,5-6,9-10H2,1-4H3. The largest absolute Gasteiger partial charge is 0.493 e. The summed E-state index contributed by atoms with van der Waals surface area (Å²) >= 11 is 0. The number of sulfonamides is 1. The minimum absolute atomic E-state index is 0.0548. The Morgan fingerprint density at radius 2 is 1.54 bits per heavy atom. The first-order valence-corrected chi connectivity index (χ1v) is 11.6. The zero-order chi connectivity index (χ0) is 20.7. The Hall–Kier alpha value is -2.11. The van der Waals surface area contributed by atoms with Crippen molar-refractivity contribution >= 4 is 20.0 Å². The van der Waals surface area contributed by atoms with Crippen molar-refractivity contribution in [3.63, 3.8) is 0 Å². The van der Waals surface area contributed by atoms with E-state index in [9.17, 15) is 16.8 Å². The minimum atomic E-state index is -4.13. The van der Waals surface area contributed by atoms with Gasteiger partial charge in [0.1, 0.15) is 4.90 Å². The number of benzene rings is 1. The fourth-order valence-electron chi connectivity index (χ4n) is 3.35. The molecule has 0 N–H and O–H groups in total. The summed E-state index contributed by atoms with van der Waals surface area (Å²) in [6.07, 6.45) is 1.57. The molecule has 1 saturated heterocycles. The summed E-state index contributed by atoms with van der Waals surface area (Å²) in [5.41, 5.74) is 0.202. The molecule has 2 heterocycles. The van der Waals surface area contributed by atoms with Gasteiger partial charge < -0.3 is 9.47 Å². The van der Waals surface area contributed by atoms with Gasteiger partial charge in [-0.3, -0.25) is 0 Å². The van der Waals surface area contributed by atoms with Crippen molar-refractivity contribution in [3.05, 3.63) is 29.6 Å². The van der Waals surface area contributed by atoms with Gasteiger partial charge in [-0.05, 0) is 38.8 Å². The number of aromatic nitrogens is 2. The maximum absolute atomic E-state index is 13.1. The molecule has 2 aromatic rings. The molecule has 28 heavy (non-hydrogen) atoms. The van der Waals surface area contributed by atoms with Gasteiger partial charge in [-0.1, -0.05) is 0 Å². The second-order valence-electron chi connectivity index (χ2n) is 6.48. The van der Waals surface area contributed by atoms with Crippen molar-refractivity contribution in [2.24, 2.45) is 0 Å². The van der Waals surface area contributed by atoms with Crippen LogP contribution in [0.1, 0.15) is 24.2 Å². The van der Waals surface area contributed by atoms with E-state index >= 15 is 0 Å². The molecule has 154 valence electrons. The Balaban J connectivity index is 2.12. The van der Waals surface area contributed by atoms with Crippen LogP contribution in [0.5, 0.6) is 11.5 Å². The summed E-state index contributed by atoms with van der Waals surface area (Å²) < 4.78 is 64.7. The van der Waals surface area contributed by atoms with Crippen LogP contribution in [-0.2, 0) is 20.0 Å². The van der Waals surface area contributed by atoms with Crippen LogP contribution in [-0.4, -0.2) is 57.6 Å². The lowest BCUT2D eigenvalue weighted by atomic mass is 10.3. The fourth-order valence-corrected chi connectivity index (χ4v) is 6.65. The zero-order valence-corrected chi connectivity index (χ0v) is 17.8. The van der Waals surface area contributed by atoms with Gasteiger partial charge in [0, 0.05) is 19.2 Å². The first-order chi connectivity index (χ1) is 13.1. The van der Waals surface area contributed by atoms with E-state index < -0.39 is 20.0 Å². The Labute approximate surface area is 165 Å². The lowest BCUT2D eigenvalue weighted by Crippen LogP contribution is -2.29. The lowest BCUT2D eigenvalue weighted by molar-refractivity contribution is 0.354. The van der Waals surface area contributed by atoms with E-state index in [1.165, 1.54) is 50.6 Å². The van der Waals surface area contributed by atoms with E-state index in [2.05, 4.69) is 5.10 Å². The Kier molecular flexibility index (Phi) is 5.43. The fraction of sp³-hybridized carbons (Fsp3) is 0.471. The van der Waals surface area contributed by atoms with Crippen LogP contribution >= 0.6 is 0 Å². The normalized spacial score (nSPS) is 15.7. The Bertz CT molecular complexity index is 1100. The van der Waals surface area contributed by atoms with Crippen LogP contribution in [0.3, 0.4) is 0 Å². The van der Waals surface area contributed by atoms with Crippen LogP contribution in [0.15, 0.2) is 28.0 Å². The number of hydrogen-bond acceptors (Lipinski definition) is 7. The number of aryl methyl sites for hydroxylation is 1. The molecule has 0 unspecified atom stereocenters. The monoisotopic (exact) mass is 429 g/mol. The van der Waals surface area contributed by atoms with Gasteiger partial charge in [0.05, 0.1) is 30.5 Å². The average molecular weight is 430 g/mol. The van der Waals surface area contributed by atoms with Crippen molar-refractivity contribution in [2.75, 3.05) is 27.3 Å². The number of rotatable bonds is 6. The molecule has 3 rings (SSSR count). The molecule has 0 atom stereocenters. The number of ether oxygens (including phenoxy) is 2. The number of methoxy groups -OCH3 is 2. The molecule has 9 nitrogen and oxygen atoms in total. The SMILES string of the molecule is COc1ccc(S(=O)(=O)n2nc(C)c(S(=O)(=O)N3CCCC3)c2C)cc1OC. The molecule has 0 aliphatic carbocycles. The molecule has 1 aromatic carbocycles. The summed E-state index contributed by atoms with van der Waals surface area (Å²) in [5.74, 6) is 0.627. The molecule has 1 aliphatic rings. The van der Waals surface area contributed by atoms with Gasteiger partial charge >= 0.3 is 0 Å². The van der Waals surface area contributed by atoms with Gasteiger partial charge in [-0.2, -0.15) is 21.9 Å². The van der Waals surface area contributed by atoms with E-state index in [0.717, 1.165) is 16.9 Å². The first kappa shape index (κ1) is 20.6. The molecule has 1 aliphatic heterocycles. The molecule has 11 heteroatoms. The molecular formula is C17H23N3O6S2. The minimum Gasteiger partial charge on any atom is -0.493 e. The van der Waals surface area contributed by atoms with E-state index in [0.29, 0.717) is 18.8 Å². The summed E-state index contributed by atoms with van der Waals surface area (Å²) in [7, 11) is -5.08. The third kappa shape index (κ3) is 3.27. The summed E-state index contributed by atoms with van der Waals surface area (Å²) in [5, 5.41) is 4.04. The maximum Gasteiger partial charge on any atom is 0.283 e. The summed E-state index contributed by atoms with van der Waals surface area (Å²) in [4.78, 5) is -0.140. The Morgan fingerprint density at radius 1 is 0.929 bits per heavy atom. The van der Waals surface area contributed by atoms with E-state index in [1.54, 1.807) is 0 Å². The van der Waals surface area contributed by atoms with E-state index in [-0.39, 0.29) is 26.9 Å². The predicted octanol–water partition coefficient (Wildman–Crippen LogP) is 1.54. The predicted molar refractivity (Wildman–Crippen MR) is 102 cm³/mol. The van der Waals surface area contributed by atoms with Crippen molar-refractivity contribution in [2.45, 2.75) is 36.5 Å². The summed E-state index contributed by atoms with van der Waals surface area (Å²) in [6.45, 7) is 3.79. The van der Waals surface area contributed by atoms with Crippen molar-refractivity contribution < 1.29 is 26.3 Å². The van der Waals surface area contributed by atoms with Gasteiger partial charge in [0.25, 0.3) is 10.0 Å². The smallest absolute Gasteiger partial charge is 0.283 e. The number of nitrogens with zero attached hydrogens (tertiary/aromatic N) is 3. The highest BCUT2D eigenvalue weighted by Crippen LogP contribution is 2.32. The highest BCUT2D eigenvalue weighted by Gasteiger charge is 2.35. The Morgan fingerprint density at radius 3 is 2.11 bits per heavy atom. The third-order valence-electron chi connectivity index (χ3n) is 4.73. The second-order valence-corrected chi connectivity index (χ2v) is 10.1. The molecule has 0 spiro atoms. The molecule has 0 radical (unpaired) electrons. The van der Waals surface area contributed by atoms with Crippen LogP contribution in [0.2, 0.25) is 0 Å². The molecule has 0 amide bonds. The third-order valence-corrected chi connectivity index (χ3v) is 8.54. The molecule has 0 saturated carbocycles. The molecule has 1 fully saturated rings. The molecule has 0 bridgehead atoms. The second kappa shape index (κ2) is 7.37. The topological polar surface area (TPSA) is 108 Å². The number of hydrogen-bond donors (Lipinski definition) is 0. The van der Waals surface area contributed by atoms with Crippen LogP contribution < -0.4 is 9.47 Å². The average Bonchev–Trinajstić information content (AvgIpc) is 3.30. The quantitative estimate of drug-likeness (QED) is 0.685. The van der Waals surface area contributed by atoms with Gasteiger partial charge in [0.2, 0.25) is 10.0 Å². The zero-order valence-electron chi connectivity index (χ0n) is 16.2. The summed E-state index contributed by atoms with van der Waals surface area (Å²) in [6, 6.07) is 4.15. The van der Waals surface area contributed by atoms with Gasteiger partial charge in [-0.15, -0.1) is 0 Å². The lowest BCUT2D eigenvalue weighted by Gasteiger charge is -2.15. The first-order valence-electron chi connectivity index (χ1n) is 8.68. The van der Waals surface area contributed by atoms with Crippen LogP contribution in [0.4, 0.5) is 0 Å². The van der Waals surface area contributed by atoms with E-state index in [1.807, 2.05) is 0 Å². The van der Waals surface area contributed by atoms with Crippen LogP contribution in [0, 0.1) is 13.8 Å². The van der Waals surface area contributed by atoms with Gasteiger partial charge in [0.15, 0.2) is 11.5 Å². The highest BCUT2D eigenvalue weighted by atomic mass is 32.2. The van der Waals surface area contributed by atoms with Crippen molar-refractivity contribution in [3.8, 4) is 11.5 Å². The van der Waals surface area contributed by atoms with Crippen molar-refractivity contribution in [1.82, 2.24) is 13.5 Å². The van der Waals surface area contributed by atoms with Gasteiger partial charge in [-0.25, -0.2) is 8.42 Å².